The molecule has 62 valence electrons. The van der Waals surface area contributed by atoms with Gasteiger partial charge in [0.15, 0.2) is 0 Å². The van der Waals surface area contributed by atoms with E-state index in [-0.39, 0.29) is 4.87 Å². The smallest absolute Gasteiger partial charge is 0.0560 e. The van der Waals surface area contributed by atoms with E-state index in [1.165, 1.54) is 0 Å². The Kier molecular flexibility index (Phi) is 3.74. The molecule has 10 heavy (non-hydrogen) atoms. The molecule has 1 N–H and O–H groups in total. The highest BCUT2D eigenvalue weighted by molar-refractivity contribution is 7.81. The van der Waals surface area contributed by atoms with Crippen LogP contribution in [0.25, 0.3) is 0 Å². The van der Waals surface area contributed by atoms with Crippen LogP contribution in [0.2, 0.25) is 0 Å². The van der Waals surface area contributed by atoms with Crippen LogP contribution in [0.4, 0.5) is 0 Å². The summed E-state index contributed by atoms with van der Waals surface area (Å²) in [5, 5.41) is 3.38. The summed E-state index contributed by atoms with van der Waals surface area (Å²) in [5.74, 6) is 0.673. The van der Waals surface area contributed by atoms with Crippen LogP contribution >= 0.6 is 12.6 Å². The lowest BCUT2D eigenvalue weighted by Gasteiger charge is -2.27. The largest absolute Gasteiger partial charge is 0.301 e. The highest BCUT2D eigenvalue weighted by Gasteiger charge is 2.15. The Labute approximate surface area is 70.0 Å². The highest BCUT2D eigenvalue weighted by atomic mass is 32.1. The second-order valence-electron chi connectivity index (χ2n) is 3.74. The van der Waals surface area contributed by atoms with Gasteiger partial charge in [0.2, 0.25) is 0 Å². The maximum absolute atomic E-state index is 4.38. The van der Waals surface area contributed by atoms with Gasteiger partial charge in [-0.05, 0) is 26.7 Å². The van der Waals surface area contributed by atoms with Crippen LogP contribution in [-0.2, 0) is 0 Å². The van der Waals surface area contributed by atoms with Crippen LogP contribution in [0.15, 0.2) is 0 Å². The van der Waals surface area contributed by atoms with Gasteiger partial charge in [0, 0.05) is 6.04 Å². The zero-order valence-corrected chi connectivity index (χ0v) is 8.50. The van der Waals surface area contributed by atoms with Crippen LogP contribution in [0.1, 0.15) is 34.6 Å². The molecule has 0 aliphatic heterocycles. The monoisotopic (exact) mass is 161 g/mol. The summed E-state index contributed by atoms with van der Waals surface area (Å²) < 4.78 is 0. The lowest BCUT2D eigenvalue weighted by molar-refractivity contribution is 0.378. The van der Waals surface area contributed by atoms with Gasteiger partial charge in [-0.15, -0.1) is 0 Å². The molecule has 2 heteroatoms. The van der Waals surface area contributed by atoms with Crippen molar-refractivity contribution in [3.63, 3.8) is 0 Å². The van der Waals surface area contributed by atoms with Crippen molar-refractivity contribution in [3.05, 3.63) is 0 Å². The highest BCUT2D eigenvalue weighted by Crippen LogP contribution is 2.11. The standard InChI is InChI=1S/C8H19NS/c1-6(2)7(3)9-8(4,5)10/h6-7,9-10H,1-5H3/t7-/m0/s1. The van der Waals surface area contributed by atoms with E-state index in [9.17, 15) is 0 Å². The van der Waals surface area contributed by atoms with Gasteiger partial charge in [-0.1, -0.05) is 13.8 Å². The number of hydrogen-bond acceptors (Lipinski definition) is 2. The fourth-order valence-electron chi connectivity index (χ4n) is 0.724. The Morgan fingerprint density at radius 2 is 1.60 bits per heavy atom. The van der Waals surface area contributed by atoms with Crippen molar-refractivity contribution in [2.75, 3.05) is 0 Å². The molecule has 0 rings (SSSR count). The van der Waals surface area contributed by atoms with Crippen molar-refractivity contribution in [3.8, 4) is 0 Å². The Balaban J connectivity index is 3.68. The lowest BCUT2D eigenvalue weighted by Crippen LogP contribution is -2.42. The molecular weight excluding hydrogens is 142 g/mol. The van der Waals surface area contributed by atoms with E-state index in [2.05, 4.69) is 52.6 Å². The second kappa shape index (κ2) is 3.63. The first-order valence-electron chi connectivity index (χ1n) is 3.83. The van der Waals surface area contributed by atoms with Gasteiger partial charge in [0.05, 0.1) is 4.87 Å². The van der Waals surface area contributed by atoms with Crippen LogP contribution in [0.3, 0.4) is 0 Å². The molecule has 0 aromatic rings. The summed E-state index contributed by atoms with van der Waals surface area (Å²) >= 11 is 4.38. The fourth-order valence-corrected chi connectivity index (χ4v) is 0.927. The first-order valence-corrected chi connectivity index (χ1v) is 4.27. The summed E-state index contributed by atoms with van der Waals surface area (Å²) in [4.78, 5) is -0.0519. The maximum atomic E-state index is 4.38. The van der Waals surface area contributed by atoms with Crippen molar-refractivity contribution in [1.29, 1.82) is 0 Å². The molecule has 0 aliphatic carbocycles. The topological polar surface area (TPSA) is 12.0 Å². The molecule has 0 saturated heterocycles. The van der Waals surface area contributed by atoms with Crippen molar-refractivity contribution in [1.82, 2.24) is 5.32 Å². The Bertz CT molecular complexity index is 93.9. The minimum atomic E-state index is -0.0519. The number of thiol groups is 1. The zero-order valence-electron chi connectivity index (χ0n) is 7.60. The lowest BCUT2D eigenvalue weighted by atomic mass is 10.1. The first-order chi connectivity index (χ1) is 4.33. The average Bonchev–Trinajstić information content (AvgIpc) is 1.60. The molecule has 0 spiro atoms. The summed E-state index contributed by atoms with van der Waals surface area (Å²) in [6.07, 6.45) is 0. The van der Waals surface area contributed by atoms with Crippen LogP contribution in [0.5, 0.6) is 0 Å². The van der Waals surface area contributed by atoms with E-state index in [4.69, 9.17) is 0 Å². The summed E-state index contributed by atoms with van der Waals surface area (Å²) in [5.41, 5.74) is 0. The van der Waals surface area contributed by atoms with Gasteiger partial charge in [0.1, 0.15) is 0 Å². The fraction of sp³-hybridized carbons (Fsp3) is 1.00. The molecule has 0 aromatic heterocycles. The summed E-state index contributed by atoms with van der Waals surface area (Å²) in [7, 11) is 0. The Morgan fingerprint density at radius 1 is 1.20 bits per heavy atom. The number of hydrogen-bond donors (Lipinski definition) is 2. The van der Waals surface area contributed by atoms with Crippen molar-refractivity contribution in [2.24, 2.45) is 5.92 Å². The first kappa shape index (κ1) is 10.3. The molecule has 0 heterocycles. The molecule has 1 atom stereocenters. The van der Waals surface area contributed by atoms with E-state index in [1.807, 2.05) is 0 Å². The van der Waals surface area contributed by atoms with Gasteiger partial charge in [-0.2, -0.15) is 12.6 Å². The Morgan fingerprint density at radius 3 is 1.70 bits per heavy atom. The minimum absolute atomic E-state index is 0.0519. The Hall–Kier alpha value is 0.310. The summed E-state index contributed by atoms with van der Waals surface area (Å²) in [6.45, 7) is 10.7. The van der Waals surface area contributed by atoms with E-state index < -0.39 is 0 Å². The molecule has 0 aromatic carbocycles. The predicted octanol–water partition coefficient (Wildman–Crippen LogP) is 2.29. The zero-order chi connectivity index (χ0) is 8.36. The maximum Gasteiger partial charge on any atom is 0.0560 e. The molecule has 0 saturated carbocycles. The van der Waals surface area contributed by atoms with Crippen LogP contribution < -0.4 is 5.32 Å². The third-order valence-electron chi connectivity index (χ3n) is 1.58. The van der Waals surface area contributed by atoms with E-state index in [0.29, 0.717) is 12.0 Å². The predicted molar refractivity (Wildman–Crippen MR) is 50.5 cm³/mol. The molecule has 0 radical (unpaired) electrons. The van der Waals surface area contributed by atoms with Crippen LogP contribution in [0, 0.1) is 5.92 Å². The molecule has 0 aliphatic rings. The van der Waals surface area contributed by atoms with E-state index in [0.717, 1.165) is 0 Å². The van der Waals surface area contributed by atoms with Gasteiger partial charge >= 0.3 is 0 Å². The van der Waals surface area contributed by atoms with E-state index >= 15 is 0 Å². The molecule has 0 fully saturated rings. The molecule has 0 bridgehead atoms. The van der Waals surface area contributed by atoms with Crippen LogP contribution in [-0.4, -0.2) is 10.9 Å². The average molecular weight is 161 g/mol. The quantitative estimate of drug-likeness (QED) is 0.478. The molecular formula is C8H19NS. The summed E-state index contributed by atoms with van der Waals surface area (Å²) in [6, 6.07) is 0.535. The van der Waals surface area contributed by atoms with Gasteiger partial charge < -0.3 is 5.32 Å². The van der Waals surface area contributed by atoms with Crippen molar-refractivity contribution >= 4 is 12.6 Å². The number of nitrogens with one attached hydrogen (secondary N) is 1. The van der Waals surface area contributed by atoms with E-state index in [1.54, 1.807) is 0 Å². The van der Waals surface area contributed by atoms with Gasteiger partial charge in [-0.3, -0.25) is 0 Å². The molecule has 0 unspecified atom stereocenters. The van der Waals surface area contributed by atoms with Gasteiger partial charge in [0.25, 0.3) is 0 Å². The number of rotatable bonds is 3. The minimum Gasteiger partial charge on any atom is -0.301 e. The van der Waals surface area contributed by atoms with Gasteiger partial charge in [-0.25, -0.2) is 0 Å². The van der Waals surface area contributed by atoms with Crippen molar-refractivity contribution in [2.45, 2.75) is 45.5 Å². The third-order valence-corrected chi connectivity index (χ3v) is 1.71. The normalized spacial score (nSPS) is 15.9. The molecule has 1 nitrogen and oxygen atoms in total. The van der Waals surface area contributed by atoms with Crippen molar-refractivity contribution < 1.29 is 0 Å². The molecule has 0 amide bonds. The third kappa shape index (κ3) is 5.12. The second-order valence-corrected chi connectivity index (χ2v) is 4.85. The SMILES string of the molecule is CC(C)[C@H](C)NC(C)(C)S.